The second-order valence-corrected chi connectivity index (χ2v) is 8.21. The van der Waals surface area contributed by atoms with E-state index >= 15 is 0 Å². The SMILES string of the molecule is Cc1c(ONS(=O)(=O)c2ccccc2)ccc(C(F)(F)F)c1-c1ncc2cnccn12. The molecule has 0 saturated carbocycles. The molecule has 0 bridgehead atoms. The molecular formula is C20H15F3N4O3S. The number of halogens is 3. The van der Waals surface area contributed by atoms with Crippen LogP contribution in [-0.4, -0.2) is 22.8 Å². The smallest absolute Gasteiger partial charge is 0.393 e. The minimum Gasteiger partial charge on any atom is -0.393 e. The summed E-state index contributed by atoms with van der Waals surface area (Å²) in [6, 6.07) is 9.34. The first-order valence-electron chi connectivity index (χ1n) is 8.90. The number of fused-ring (bicyclic) bond motifs is 1. The van der Waals surface area contributed by atoms with Crippen LogP contribution in [0.1, 0.15) is 11.1 Å². The number of sulfonamides is 1. The summed E-state index contributed by atoms with van der Waals surface area (Å²) in [5, 5.41) is 0. The third-order valence-electron chi connectivity index (χ3n) is 4.59. The number of aromatic nitrogens is 3. The zero-order valence-electron chi connectivity index (χ0n) is 16.0. The van der Waals surface area contributed by atoms with Gasteiger partial charge >= 0.3 is 6.18 Å². The summed E-state index contributed by atoms with van der Waals surface area (Å²) < 4.78 is 67.5. The monoisotopic (exact) mass is 448 g/mol. The van der Waals surface area contributed by atoms with E-state index in [9.17, 15) is 21.6 Å². The maximum Gasteiger partial charge on any atom is 0.417 e. The van der Waals surface area contributed by atoms with Gasteiger partial charge in [0.25, 0.3) is 10.0 Å². The molecule has 2 aromatic carbocycles. The number of nitrogens with one attached hydrogen (secondary N) is 1. The lowest BCUT2D eigenvalue weighted by Gasteiger charge is -2.18. The van der Waals surface area contributed by atoms with E-state index in [4.69, 9.17) is 4.84 Å². The van der Waals surface area contributed by atoms with Gasteiger partial charge in [-0.2, -0.15) is 13.2 Å². The number of rotatable bonds is 5. The Bertz CT molecular complexity index is 1350. The van der Waals surface area contributed by atoms with Gasteiger partial charge in [0.2, 0.25) is 0 Å². The fraction of sp³-hybridized carbons (Fsp3) is 0.100. The summed E-state index contributed by atoms with van der Waals surface area (Å²) in [5.74, 6) is -0.0631. The van der Waals surface area contributed by atoms with Crippen LogP contribution in [0.4, 0.5) is 13.2 Å². The van der Waals surface area contributed by atoms with Crippen molar-refractivity contribution in [3.63, 3.8) is 0 Å². The van der Waals surface area contributed by atoms with Crippen LogP contribution in [-0.2, 0) is 16.2 Å². The number of imidazole rings is 1. The van der Waals surface area contributed by atoms with E-state index in [2.05, 4.69) is 9.97 Å². The van der Waals surface area contributed by atoms with Crippen LogP contribution in [0, 0.1) is 6.92 Å². The van der Waals surface area contributed by atoms with E-state index in [1.165, 1.54) is 60.4 Å². The zero-order chi connectivity index (χ0) is 22.2. The van der Waals surface area contributed by atoms with Crippen molar-refractivity contribution in [3.05, 3.63) is 78.4 Å². The molecular weight excluding hydrogens is 433 g/mol. The second kappa shape index (κ2) is 7.67. The van der Waals surface area contributed by atoms with Crippen molar-refractivity contribution < 1.29 is 26.4 Å². The highest BCUT2D eigenvalue weighted by Crippen LogP contribution is 2.41. The molecule has 0 unspecified atom stereocenters. The Morgan fingerprint density at radius 3 is 2.52 bits per heavy atom. The largest absolute Gasteiger partial charge is 0.417 e. The summed E-state index contributed by atoms with van der Waals surface area (Å²) in [6.07, 6.45) is 1.11. The topological polar surface area (TPSA) is 85.6 Å². The van der Waals surface area contributed by atoms with Crippen LogP contribution in [0.15, 0.2) is 72.1 Å². The van der Waals surface area contributed by atoms with Gasteiger partial charge in [0.15, 0.2) is 5.75 Å². The highest BCUT2D eigenvalue weighted by Gasteiger charge is 2.36. The number of nitrogens with zero attached hydrogens (tertiary/aromatic N) is 3. The van der Waals surface area contributed by atoms with E-state index < -0.39 is 21.8 Å². The molecule has 4 rings (SSSR count). The summed E-state index contributed by atoms with van der Waals surface area (Å²) in [5.41, 5.74) is -0.585. The van der Waals surface area contributed by atoms with Crippen LogP contribution >= 0.6 is 0 Å². The molecule has 160 valence electrons. The maximum atomic E-state index is 13.7. The average molecular weight is 448 g/mol. The molecule has 7 nitrogen and oxygen atoms in total. The molecule has 31 heavy (non-hydrogen) atoms. The minimum atomic E-state index is -4.67. The fourth-order valence-corrected chi connectivity index (χ4v) is 3.92. The maximum absolute atomic E-state index is 13.7. The molecule has 0 aliphatic rings. The lowest BCUT2D eigenvalue weighted by molar-refractivity contribution is -0.137. The first-order chi connectivity index (χ1) is 14.7. The standard InChI is InChI=1S/C20H15F3N4O3S/c1-13-17(30-26-31(28,29)15-5-3-2-4-6-15)8-7-16(20(21,22)23)18(13)19-25-12-14-11-24-9-10-27(14)19/h2-12,26H,1H3. The summed E-state index contributed by atoms with van der Waals surface area (Å²) >= 11 is 0. The third-order valence-corrected chi connectivity index (χ3v) is 5.79. The molecule has 2 heterocycles. The Kier molecular flexibility index (Phi) is 5.15. The number of alkyl halides is 3. The molecule has 1 N–H and O–H groups in total. The summed E-state index contributed by atoms with van der Waals surface area (Å²) in [7, 11) is -4.04. The van der Waals surface area contributed by atoms with Crippen molar-refractivity contribution in [1.82, 2.24) is 19.3 Å². The van der Waals surface area contributed by atoms with Gasteiger partial charge < -0.3 is 4.84 Å². The fourth-order valence-electron chi connectivity index (χ4n) is 3.11. The Hall–Kier alpha value is -3.44. The number of hydrogen-bond acceptors (Lipinski definition) is 5. The van der Waals surface area contributed by atoms with Gasteiger partial charge in [-0.05, 0) is 36.1 Å². The number of benzene rings is 2. The molecule has 0 saturated heterocycles. The van der Waals surface area contributed by atoms with Gasteiger partial charge in [0.05, 0.1) is 28.4 Å². The molecule has 0 fully saturated rings. The van der Waals surface area contributed by atoms with E-state index in [0.29, 0.717) is 5.52 Å². The highest BCUT2D eigenvalue weighted by molar-refractivity contribution is 7.89. The van der Waals surface area contributed by atoms with Gasteiger partial charge in [-0.3, -0.25) is 9.38 Å². The molecule has 0 atom stereocenters. The van der Waals surface area contributed by atoms with Crippen molar-refractivity contribution in [2.45, 2.75) is 18.0 Å². The van der Waals surface area contributed by atoms with Crippen molar-refractivity contribution in [3.8, 4) is 17.1 Å². The second-order valence-electron chi connectivity index (χ2n) is 6.56. The summed E-state index contributed by atoms with van der Waals surface area (Å²) in [4.78, 5) is 15.2. The van der Waals surface area contributed by atoms with Crippen LogP contribution < -0.4 is 9.72 Å². The third kappa shape index (κ3) is 3.97. The predicted molar refractivity (Wildman–Crippen MR) is 106 cm³/mol. The van der Waals surface area contributed by atoms with Gasteiger partial charge in [-0.1, -0.05) is 18.2 Å². The van der Waals surface area contributed by atoms with Crippen molar-refractivity contribution >= 4 is 15.5 Å². The van der Waals surface area contributed by atoms with Crippen LogP contribution in [0.3, 0.4) is 0 Å². The molecule has 0 spiro atoms. The quantitative estimate of drug-likeness (QED) is 0.467. The molecule has 11 heteroatoms. The molecule has 0 radical (unpaired) electrons. The highest BCUT2D eigenvalue weighted by atomic mass is 32.2. The van der Waals surface area contributed by atoms with Crippen LogP contribution in [0.25, 0.3) is 16.9 Å². The molecule has 0 aliphatic heterocycles. The van der Waals surface area contributed by atoms with Crippen molar-refractivity contribution in [2.24, 2.45) is 0 Å². The first-order valence-corrected chi connectivity index (χ1v) is 10.4. The molecule has 0 aliphatic carbocycles. The minimum absolute atomic E-state index is 0.0265. The van der Waals surface area contributed by atoms with E-state index in [0.717, 1.165) is 12.1 Å². The Labute approximate surface area is 175 Å². The van der Waals surface area contributed by atoms with Crippen molar-refractivity contribution in [2.75, 3.05) is 0 Å². The Morgan fingerprint density at radius 1 is 1.06 bits per heavy atom. The van der Waals surface area contributed by atoms with E-state index in [-0.39, 0.29) is 27.6 Å². The van der Waals surface area contributed by atoms with Crippen molar-refractivity contribution in [1.29, 1.82) is 0 Å². The van der Waals surface area contributed by atoms with Gasteiger partial charge in [0, 0.05) is 23.5 Å². The van der Waals surface area contributed by atoms with Crippen LogP contribution in [0.5, 0.6) is 5.75 Å². The Balaban J connectivity index is 1.79. The van der Waals surface area contributed by atoms with Gasteiger partial charge in [0.1, 0.15) is 5.82 Å². The predicted octanol–water partition coefficient (Wildman–Crippen LogP) is 4.00. The molecule has 4 aromatic rings. The van der Waals surface area contributed by atoms with Crippen LogP contribution in [0.2, 0.25) is 0 Å². The van der Waals surface area contributed by atoms with E-state index in [1.54, 1.807) is 6.07 Å². The average Bonchev–Trinajstić information content (AvgIpc) is 3.16. The molecule has 2 aromatic heterocycles. The zero-order valence-corrected chi connectivity index (χ0v) is 16.8. The summed E-state index contributed by atoms with van der Waals surface area (Å²) in [6.45, 7) is 1.40. The van der Waals surface area contributed by atoms with Gasteiger partial charge in [-0.15, -0.1) is 0 Å². The first kappa shape index (κ1) is 20.8. The Morgan fingerprint density at radius 2 is 1.81 bits per heavy atom. The molecule has 0 amide bonds. The normalized spacial score (nSPS) is 12.3. The van der Waals surface area contributed by atoms with E-state index in [1.807, 2.05) is 4.89 Å². The lowest BCUT2D eigenvalue weighted by atomic mass is 9.99. The number of hydrogen-bond donors (Lipinski definition) is 1. The lowest BCUT2D eigenvalue weighted by Crippen LogP contribution is -2.27. The van der Waals surface area contributed by atoms with Gasteiger partial charge in [-0.25, -0.2) is 13.4 Å².